The quantitative estimate of drug-likeness (QED) is 0.577. The second-order valence-electron chi connectivity index (χ2n) is 3.11. The first-order valence-electron chi connectivity index (χ1n) is 4.43. The summed E-state index contributed by atoms with van der Waals surface area (Å²) in [5.41, 5.74) is 0. The lowest BCUT2D eigenvalue weighted by Crippen LogP contribution is -2.86. The molecule has 6 heteroatoms. The van der Waals surface area contributed by atoms with Crippen molar-refractivity contribution in [2.75, 3.05) is 12.8 Å². The molecule has 1 atom stereocenters. The lowest BCUT2D eigenvalue weighted by atomic mass is 10.4. The first kappa shape index (κ1) is 11.9. The third kappa shape index (κ3) is 3.83. The van der Waals surface area contributed by atoms with Gasteiger partial charge in [0.1, 0.15) is 0 Å². The Bertz CT molecular complexity index is 379. The van der Waals surface area contributed by atoms with Crippen molar-refractivity contribution in [3.63, 3.8) is 0 Å². The van der Waals surface area contributed by atoms with Crippen molar-refractivity contribution < 1.29 is 24.7 Å². The molecule has 0 saturated heterocycles. The molecule has 0 aromatic heterocycles. The van der Waals surface area contributed by atoms with Crippen LogP contribution in [0, 0.1) is 0 Å². The van der Waals surface area contributed by atoms with Crippen LogP contribution in [0.1, 0.15) is 0 Å². The summed E-state index contributed by atoms with van der Waals surface area (Å²) in [6.07, 6.45) is -0.108. The molecule has 0 aliphatic heterocycles. The van der Waals surface area contributed by atoms with Crippen molar-refractivity contribution in [2.24, 2.45) is 0 Å². The molecule has 4 N–H and O–H groups in total. The average molecular weight is 230 g/mol. The van der Waals surface area contributed by atoms with Crippen LogP contribution >= 0.6 is 7.37 Å². The van der Waals surface area contributed by atoms with E-state index >= 15 is 0 Å². The highest BCUT2D eigenvalue weighted by molar-refractivity contribution is 7.65. The van der Waals surface area contributed by atoms with Crippen LogP contribution in [0.4, 0.5) is 0 Å². The average Bonchev–Trinajstić information content (AvgIpc) is 2.18. The van der Waals surface area contributed by atoms with Gasteiger partial charge in [0.25, 0.3) is 7.37 Å². The third-order valence-corrected chi connectivity index (χ3v) is 3.71. The number of quaternary nitrogens is 1. The molecule has 1 aromatic rings. The minimum atomic E-state index is -3.42. The molecule has 0 radical (unpaired) electrons. The summed E-state index contributed by atoms with van der Waals surface area (Å²) in [4.78, 5) is 19.8. The maximum Gasteiger partial charge on any atom is 0.359 e. The van der Waals surface area contributed by atoms with E-state index in [-0.39, 0.29) is 12.8 Å². The van der Waals surface area contributed by atoms with Gasteiger partial charge in [-0.3, -0.25) is 4.57 Å². The maximum atomic E-state index is 11.7. The van der Waals surface area contributed by atoms with Gasteiger partial charge in [0.05, 0.1) is 0 Å². The van der Waals surface area contributed by atoms with Gasteiger partial charge in [0, 0.05) is 5.30 Å². The lowest BCUT2D eigenvalue weighted by molar-refractivity contribution is -0.629. The van der Waals surface area contributed by atoms with Crippen LogP contribution in [-0.4, -0.2) is 28.8 Å². The van der Waals surface area contributed by atoms with Gasteiger partial charge in [0.15, 0.2) is 12.8 Å². The molecular weight excluding hydrogens is 217 g/mol. The zero-order valence-corrected chi connectivity index (χ0v) is 8.93. The van der Waals surface area contributed by atoms with Crippen LogP contribution in [0.25, 0.3) is 0 Å². The van der Waals surface area contributed by atoms with Crippen LogP contribution in [0.15, 0.2) is 30.3 Å². The first-order valence-corrected chi connectivity index (χ1v) is 6.28. The molecule has 1 rings (SSSR count). The molecule has 1 aromatic carbocycles. The number of hydrogen-bond acceptors (Lipinski definition) is 2. The number of carboxylic acid groups (broad SMARTS) is 1. The summed E-state index contributed by atoms with van der Waals surface area (Å²) in [5.74, 6) is -0.997. The number of carboxylic acids is 1. The highest BCUT2D eigenvalue weighted by atomic mass is 31.2. The number of nitrogens with two attached hydrogens (primary N) is 1. The molecular formula is C9H13NO4P+. The topological polar surface area (TPSA) is 91.2 Å². The Labute approximate surface area is 87.2 Å². The lowest BCUT2D eigenvalue weighted by Gasteiger charge is -2.09. The van der Waals surface area contributed by atoms with E-state index in [0.717, 1.165) is 0 Å². The van der Waals surface area contributed by atoms with Crippen molar-refractivity contribution in [3.05, 3.63) is 30.3 Å². The van der Waals surface area contributed by atoms with Gasteiger partial charge in [-0.1, -0.05) is 18.2 Å². The fourth-order valence-electron chi connectivity index (χ4n) is 1.13. The number of benzene rings is 1. The fourth-order valence-corrected chi connectivity index (χ4v) is 2.46. The van der Waals surface area contributed by atoms with E-state index < -0.39 is 13.3 Å². The second kappa shape index (κ2) is 5.07. The number of carbonyl (C=O) groups is 1. The Morgan fingerprint density at radius 2 is 1.93 bits per heavy atom. The molecule has 0 bridgehead atoms. The van der Waals surface area contributed by atoms with Crippen LogP contribution in [0.2, 0.25) is 0 Å². The molecule has 1 unspecified atom stereocenters. The molecule has 0 fully saturated rings. The van der Waals surface area contributed by atoms with E-state index in [4.69, 9.17) is 5.11 Å². The molecule has 5 nitrogen and oxygen atoms in total. The van der Waals surface area contributed by atoms with Crippen molar-refractivity contribution in [2.45, 2.75) is 0 Å². The van der Waals surface area contributed by atoms with E-state index in [1.54, 1.807) is 30.3 Å². The SMILES string of the molecule is O=C(O)C[NH2+]CP(=O)(O)c1ccccc1. The van der Waals surface area contributed by atoms with E-state index in [0.29, 0.717) is 5.30 Å². The van der Waals surface area contributed by atoms with Gasteiger partial charge >= 0.3 is 5.97 Å². The fraction of sp³-hybridized carbons (Fsp3) is 0.222. The number of rotatable bonds is 5. The monoisotopic (exact) mass is 230 g/mol. The van der Waals surface area contributed by atoms with Crippen LogP contribution in [0.5, 0.6) is 0 Å². The molecule has 82 valence electrons. The summed E-state index contributed by atoms with van der Waals surface area (Å²) in [5, 5.41) is 10.0. The summed E-state index contributed by atoms with van der Waals surface area (Å²) < 4.78 is 11.7. The van der Waals surface area contributed by atoms with Gasteiger partial charge in [-0.05, 0) is 12.1 Å². The smallest absolute Gasteiger partial charge is 0.359 e. The summed E-state index contributed by atoms with van der Waals surface area (Å²) in [6, 6.07) is 8.24. The van der Waals surface area contributed by atoms with Gasteiger partial charge < -0.3 is 15.3 Å². The Hall–Kier alpha value is -1.16. The standard InChI is InChI=1S/C9H12NO4P/c11-9(12)6-10-7-15(13,14)8-4-2-1-3-5-8/h1-5,10H,6-7H2,(H,11,12)(H,13,14)/p+1. The van der Waals surface area contributed by atoms with Crippen molar-refractivity contribution >= 4 is 18.6 Å². The Morgan fingerprint density at radius 1 is 1.33 bits per heavy atom. The maximum absolute atomic E-state index is 11.7. The van der Waals surface area contributed by atoms with E-state index in [1.165, 1.54) is 5.32 Å². The Kier molecular flexibility index (Phi) is 4.03. The highest BCUT2D eigenvalue weighted by Crippen LogP contribution is 2.35. The Morgan fingerprint density at radius 3 is 2.47 bits per heavy atom. The minimum absolute atomic E-state index is 0.108. The van der Waals surface area contributed by atoms with E-state index in [9.17, 15) is 14.3 Å². The van der Waals surface area contributed by atoms with E-state index in [2.05, 4.69) is 0 Å². The minimum Gasteiger partial charge on any atom is -0.477 e. The summed E-state index contributed by atoms with van der Waals surface area (Å²) in [6.45, 7) is -0.197. The Balaban J connectivity index is 2.60. The van der Waals surface area contributed by atoms with E-state index in [1.807, 2.05) is 0 Å². The van der Waals surface area contributed by atoms with Crippen molar-refractivity contribution in [1.82, 2.24) is 0 Å². The first-order chi connectivity index (χ1) is 7.02. The van der Waals surface area contributed by atoms with Gasteiger partial charge in [-0.2, -0.15) is 0 Å². The van der Waals surface area contributed by atoms with Crippen LogP contribution < -0.4 is 10.6 Å². The second-order valence-corrected chi connectivity index (χ2v) is 5.39. The zero-order valence-electron chi connectivity index (χ0n) is 8.04. The molecule has 0 heterocycles. The normalized spacial score (nSPS) is 14.5. The molecule has 0 aliphatic rings. The van der Waals surface area contributed by atoms with Crippen molar-refractivity contribution in [3.8, 4) is 0 Å². The largest absolute Gasteiger partial charge is 0.477 e. The number of aliphatic carboxylic acids is 1. The van der Waals surface area contributed by atoms with Crippen molar-refractivity contribution in [1.29, 1.82) is 0 Å². The molecule has 15 heavy (non-hydrogen) atoms. The van der Waals surface area contributed by atoms with Gasteiger partial charge in [-0.15, -0.1) is 0 Å². The zero-order chi connectivity index (χ0) is 11.3. The van der Waals surface area contributed by atoms with Gasteiger partial charge in [0.2, 0.25) is 0 Å². The molecule has 0 saturated carbocycles. The predicted molar refractivity (Wildman–Crippen MR) is 55.2 cm³/mol. The predicted octanol–water partition coefficient (Wildman–Crippen LogP) is -0.812. The van der Waals surface area contributed by atoms with Crippen LogP contribution in [0.3, 0.4) is 0 Å². The molecule has 0 amide bonds. The summed E-state index contributed by atoms with van der Waals surface area (Å²) in [7, 11) is -3.42. The molecule has 0 aliphatic carbocycles. The van der Waals surface area contributed by atoms with Crippen LogP contribution in [-0.2, 0) is 9.36 Å². The molecule has 0 spiro atoms. The number of hydrogen-bond donors (Lipinski definition) is 3. The summed E-state index contributed by atoms with van der Waals surface area (Å²) >= 11 is 0. The van der Waals surface area contributed by atoms with Gasteiger partial charge in [-0.25, -0.2) is 4.79 Å². The highest BCUT2D eigenvalue weighted by Gasteiger charge is 2.23. The third-order valence-electron chi connectivity index (χ3n) is 1.86.